The van der Waals surface area contributed by atoms with Crippen molar-refractivity contribution in [2.24, 2.45) is 20.4 Å². The second kappa shape index (κ2) is 15.0. The molecule has 2 aliphatic rings. The molecule has 15 heteroatoms. The van der Waals surface area contributed by atoms with Gasteiger partial charge < -0.3 is 25.9 Å². The molecule has 4 aromatic rings. The van der Waals surface area contributed by atoms with Crippen LogP contribution in [0.5, 0.6) is 11.5 Å². The van der Waals surface area contributed by atoms with E-state index in [-0.39, 0.29) is 58.8 Å². The van der Waals surface area contributed by atoms with Crippen LogP contribution in [0.2, 0.25) is 0 Å². The summed E-state index contributed by atoms with van der Waals surface area (Å²) in [5.41, 5.74) is 1.06. The minimum atomic E-state index is -0.831. The maximum Gasteiger partial charge on any atom is 3.00 e. The van der Waals surface area contributed by atoms with Crippen molar-refractivity contribution < 1.29 is 43.5 Å². The van der Waals surface area contributed by atoms with E-state index in [1.165, 1.54) is 30.4 Å². The maximum atomic E-state index is 12.1. The number of ketones is 2. The first-order valence-corrected chi connectivity index (χ1v) is 13.7. The number of allylic oxidation sites excluding steroid dienone is 4. The average Bonchev–Trinajstić information content (AvgIpc) is 3.05. The summed E-state index contributed by atoms with van der Waals surface area (Å²) >= 11 is 0. The molecule has 48 heavy (non-hydrogen) atoms. The SMILES string of the molecule is Cc1cc(N=Nc2c([O-])ccc3ccccc23)c([O-])c([N+](=O)[O-])c1.O=C1C=C(N([O-])[O-])C=CC1=NN=C1C(=O)C=Cc2ccccc21.[Cr+3].[H+]. The number of fused-ring (bicyclic) bond motifs is 2. The molecule has 0 saturated heterocycles. The maximum absolute atomic E-state index is 12.1. The fourth-order valence-corrected chi connectivity index (χ4v) is 4.53. The molecule has 14 nitrogen and oxygen atoms in total. The number of benzene rings is 4. The molecule has 0 amide bonds. The molecular weight excluding hydrogens is 660 g/mol. The Morgan fingerprint density at radius 3 is 2.27 bits per heavy atom. The van der Waals surface area contributed by atoms with Crippen LogP contribution in [0.4, 0.5) is 17.1 Å². The Labute approximate surface area is 284 Å². The van der Waals surface area contributed by atoms with Gasteiger partial charge in [-0.05, 0) is 47.7 Å². The van der Waals surface area contributed by atoms with E-state index in [1.807, 2.05) is 24.3 Å². The van der Waals surface area contributed by atoms with Crippen molar-refractivity contribution in [1.82, 2.24) is 5.23 Å². The van der Waals surface area contributed by atoms with E-state index in [0.717, 1.165) is 23.1 Å². The number of aryl methyl sites for hydroxylation is 1. The Hall–Kier alpha value is -6.11. The van der Waals surface area contributed by atoms with Gasteiger partial charge in [-0.1, -0.05) is 72.5 Å². The van der Waals surface area contributed by atoms with Gasteiger partial charge in [0.1, 0.15) is 11.4 Å². The minimum Gasteiger partial charge on any atom is -0.871 e. The van der Waals surface area contributed by atoms with Crippen LogP contribution in [0.15, 0.2) is 123 Å². The number of nitro groups is 1. The van der Waals surface area contributed by atoms with Crippen LogP contribution in [0.3, 0.4) is 0 Å². The van der Waals surface area contributed by atoms with Gasteiger partial charge in [-0.3, -0.25) is 19.7 Å². The summed E-state index contributed by atoms with van der Waals surface area (Å²) in [5.74, 6) is -2.12. The zero-order chi connectivity index (χ0) is 33.7. The summed E-state index contributed by atoms with van der Waals surface area (Å²) in [5, 5.41) is 72.3. The predicted octanol–water partition coefficient (Wildman–Crippen LogP) is 5.48. The van der Waals surface area contributed by atoms with E-state index in [4.69, 9.17) is 0 Å². The third kappa shape index (κ3) is 7.64. The number of hydrogen-bond donors (Lipinski definition) is 0. The summed E-state index contributed by atoms with van der Waals surface area (Å²) in [7, 11) is 0. The van der Waals surface area contributed by atoms with Gasteiger partial charge in [0.25, 0.3) is 5.69 Å². The Morgan fingerprint density at radius 1 is 0.812 bits per heavy atom. The van der Waals surface area contributed by atoms with Gasteiger partial charge in [0.2, 0.25) is 11.6 Å². The van der Waals surface area contributed by atoms with Crippen LogP contribution >= 0.6 is 0 Å². The van der Waals surface area contributed by atoms with Crippen molar-refractivity contribution in [1.29, 1.82) is 0 Å². The van der Waals surface area contributed by atoms with Crippen LogP contribution in [0.1, 0.15) is 18.1 Å². The van der Waals surface area contributed by atoms with Crippen LogP contribution in [0.25, 0.3) is 16.8 Å². The molecule has 0 atom stereocenters. The first-order valence-electron chi connectivity index (χ1n) is 13.7. The molecule has 4 aromatic carbocycles. The van der Waals surface area contributed by atoms with Gasteiger partial charge in [-0.2, -0.15) is 10.2 Å². The monoisotopic (exact) mass is 681 g/mol. The zero-order valence-electron chi connectivity index (χ0n) is 25.7. The Morgan fingerprint density at radius 2 is 1.54 bits per heavy atom. The molecular formula is C33H21CrN6O8. The zero-order valence-corrected chi connectivity index (χ0v) is 25.9. The fourth-order valence-electron chi connectivity index (χ4n) is 4.53. The molecule has 0 aromatic heterocycles. The van der Waals surface area contributed by atoms with Crippen molar-refractivity contribution in [2.45, 2.75) is 6.92 Å². The molecule has 0 saturated carbocycles. The molecule has 0 aliphatic heterocycles. The van der Waals surface area contributed by atoms with E-state index < -0.39 is 27.4 Å². The number of carbonyl (C=O) groups excluding carboxylic acids is 2. The number of hydrogen-bond acceptors (Lipinski definition) is 13. The second-order valence-corrected chi connectivity index (χ2v) is 9.97. The summed E-state index contributed by atoms with van der Waals surface area (Å²) < 4.78 is 0. The average molecular weight is 682 g/mol. The molecule has 0 fully saturated rings. The summed E-state index contributed by atoms with van der Waals surface area (Å²) in [4.78, 5) is 33.9. The molecule has 2 aliphatic carbocycles. The first-order chi connectivity index (χ1) is 22.5. The number of rotatable bonds is 5. The quantitative estimate of drug-likeness (QED) is 0.112. The summed E-state index contributed by atoms with van der Waals surface area (Å²) in [6, 6.07) is 19.9. The number of hydroxylamine groups is 2. The Kier molecular flexibility index (Phi) is 10.9. The second-order valence-electron chi connectivity index (χ2n) is 9.97. The smallest absolute Gasteiger partial charge is 0.871 e. The van der Waals surface area contributed by atoms with E-state index in [1.54, 1.807) is 43.3 Å². The summed E-state index contributed by atoms with van der Waals surface area (Å²) in [6.07, 6.45) is 6.30. The fraction of sp³-hybridized carbons (Fsp3) is 0.0303. The molecule has 0 N–H and O–H groups in total. The van der Waals surface area contributed by atoms with Crippen molar-refractivity contribution in [3.8, 4) is 11.5 Å². The van der Waals surface area contributed by atoms with E-state index in [2.05, 4.69) is 20.4 Å². The van der Waals surface area contributed by atoms with Gasteiger partial charge in [-0.25, -0.2) is 0 Å². The predicted molar refractivity (Wildman–Crippen MR) is 171 cm³/mol. The van der Waals surface area contributed by atoms with Crippen LogP contribution in [0, 0.1) is 27.5 Å². The Bertz CT molecular complexity index is 2140. The molecule has 0 bridgehead atoms. The summed E-state index contributed by atoms with van der Waals surface area (Å²) in [6.45, 7) is 1.61. The molecule has 0 heterocycles. The van der Waals surface area contributed by atoms with E-state index in [0.29, 0.717) is 16.5 Å². The van der Waals surface area contributed by atoms with Crippen LogP contribution in [-0.4, -0.2) is 33.1 Å². The van der Waals surface area contributed by atoms with Gasteiger partial charge >= 0.3 is 18.8 Å². The topological polar surface area (TPSA) is 222 Å². The van der Waals surface area contributed by atoms with Gasteiger partial charge in [0.05, 0.1) is 16.3 Å². The van der Waals surface area contributed by atoms with E-state index >= 15 is 0 Å². The first kappa shape index (κ1) is 34.8. The molecule has 1 radical (unpaired) electrons. The van der Waals surface area contributed by atoms with Gasteiger partial charge in [0, 0.05) is 34.5 Å². The van der Waals surface area contributed by atoms with E-state index in [9.17, 15) is 40.3 Å². The van der Waals surface area contributed by atoms with Crippen molar-refractivity contribution >= 4 is 56.9 Å². The molecule has 0 unspecified atom stereocenters. The van der Waals surface area contributed by atoms with Crippen LogP contribution < -0.4 is 10.2 Å². The van der Waals surface area contributed by atoms with Gasteiger partial charge in [-0.15, -0.1) is 10.2 Å². The van der Waals surface area contributed by atoms with Crippen molar-refractivity contribution in [3.63, 3.8) is 0 Å². The number of nitro benzene ring substituents is 1. The van der Waals surface area contributed by atoms with Crippen molar-refractivity contribution in [3.05, 3.63) is 140 Å². The third-order valence-corrected chi connectivity index (χ3v) is 6.79. The molecule has 0 spiro atoms. The van der Waals surface area contributed by atoms with Gasteiger partial charge in [0.15, 0.2) is 0 Å². The standard InChI is InChI=1S/C17H13N3O4.C16H9N3O4.Cr/c1-10-8-13(17(22)14(9-10)20(23)24)18-19-16-12-5-3-2-4-11(12)6-7-15(16)21;20-14-8-5-10-3-1-2-4-12(10)16(14)18-17-13-7-6-11(19(22)23)9-15(13)21;/h2-9,21-22H,1H3;1-9H;/q;-2;+3/p-1. The molecule has 237 valence electrons. The van der Waals surface area contributed by atoms with Crippen molar-refractivity contribution in [2.75, 3.05) is 0 Å². The normalized spacial score (nSPS) is 15.2. The number of azo groups is 1. The molecule has 6 rings (SSSR count). The minimum absolute atomic E-state index is 0. The largest absolute Gasteiger partial charge is 3.00 e. The Balaban J connectivity index is 0.000000255. The number of carbonyl (C=O) groups is 2. The third-order valence-electron chi connectivity index (χ3n) is 6.79. The van der Waals surface area contributed by atoms with Crippen LogP contribution in [-0.2, 0) is 27.0 Å². The number of nitrogens with zero attached hydrogens (tertiary/aromatic N) is 6.